The Labute approximate surface area is 266 Å². The zero-order valence-corrected chi connectivity index (χ0v) is 26.6. The third kappa shape index (κ3) is 5.82. The maximum Gasteiger partial charge on any atom is 0.301 e. The van der Waals surface area contributed by atoms with Crippen molar-refractivity contribution in [2.45, 2.75) is 58.6 Å². The number of ether oxygens (including phenoxy) is 4. The number of thiazole rings is 1. The lowest BCUT2D eigenvalue weighted by atomic mass is 9.94. The molecule has 1 aromatic heterocycles. The van der Waals surface area contributed by atoms with Gasteiger partial charge in [0.1, 0.15) is 23.4 Å². The van der Waals surface area contributed by atoms with E-state index in [0.29, 0.717) is 58.7 Å². The van der Waals surface area contributed by atoms with Gasteiger partial charge in [-0.05, 0) is 79.9 Å². The van der Waals surface area contributed by atoms with Crippen molar-refractivity contribution in [1.29, 1.82) is 0 Å². The van der Waals surface area contributed by atoms with E-state index < -0.39 is 17.7 Å². The van der Waals surface area contributed by atoms with Gasteiger partial charge in [-0.15, -0.1) is 0 Å². The van der Waals surface area contributed by atoms with Crippen LogP contribution in [0.5, 0.6) is 23.0 Å². The lowest BCUT2D eigenvalue weighted by Crippen LogP contribution is -2.29. The number of benzene rings is 3. The molecule has 0 spiro atoms. The number of carbonyl (C=O) groups is 2. The Morgan fingerprint density at radius 3 is 2.67 bits per heavy atom. The summed E-state index contributed by atoms with van der Waals surface area (Å²) in [5.41, 5.74) is 2.57. The van der Waals surface area contributed by atoms with Gasteiger partial charge in [-0.1, -0.05) is 37.2 Å². The fourth-order valence-corrected chi connectivity index (χ4v) is 6.85. The van der Waals surface area contributed by atoms with Gasteiger partial charge in [-0.25, -0.2) is 4.98 Å². The second-order valence-electron chi connectivity index (χ2n) is 11.1. The van der Waals surface area contributed by atoms with Crippen molar-refractivity contribution in [2.24, 2.45) is 0 Å². The molecule has 0 bridgehead atoms. The second-order valence-corrected chi connectivity index (χ2v) is 12.2. The van der Waals surface area contributed by atoms with Crippen LogP contribution in [0.1, 0.15) is 62.8 Å². The number of fused-ring (bicyclic) bond motifs is 2. The number of Topliss-reactive ketones (excluding diaryl/α,β-unsaturated/α-hetero) is 1. The summed E-state index contributed by atoms with van der Waals surface area (Å²) in [7, 11) is 1.55. The monoisotopic (exact) mass is 628 g/mol. The van der Waals surface area contributed by atoms with E-state index in [1.165, 1.54) is 16.2 Å². The summed E-state index contributed by atoms with van der Waals surface area (Å²) in [6.45, 7) is 7.07. The summed E-state index contributed by atoms with van der Waals surface area (Å²) < 4.78 is 24.0. The third-order valence-corrected chi connectivity index (χ3v) is 9.01. The number of hydrogen-bond acceptors (Lipinski definition) is 9. The number of amides is 1. The number of nitrogens with zero attached hydrogens (tertiary/aromatic N) is 2. The molecule has 2 atom stereocenters. The van der Waals surface area contributed by atoms with Gasteiger partial charge < -0.3 is 24.1 Å². The molecule has 0 saturated carbocycles. The molecular formula is C35H36N2O7S. The van der Waals surface area contributed by atoms with Crippen molar-refractivity contribution in [3.8, 4) is 23.0 Å². The summed E-state index contributed by atoms with van der Waals surface area (Å²) in [6, 6.07) is 15.2. The fraction of sp³-hybridized carbons (Fsp3) is 0.343. The number of carbonyl (C=O) groups excluding carboxylic acids is 2. The maximum absolute atomic E-state index is 13.8. The van der Waals surface area contributed by atoms with Crippen molar-refractivity contribution in [3.05, 3.63) is 76.9 Å². The minimum Gasteiger partial charge on any atom is -0.507 e. The SMILES string of the molecule is CCCCCOc1ccc([C@@H]2/C(=C(\O)c3ccc4c(c3)C[C@H](C)O4)C(=O)C(=O)N2c2nc3ccc(OCC)cc3s2)cc1OC. The Hall–Kier alpha value is -4.57. The molecule has 6 rings (SSSR count). The number of hydrogen-bond donors (Lipinski definition) is 1. The van der Waals surface area contributed by atoms with Crippen LogP contribution in [0.25, 0.3) is 16.0 Å². The molecule has 4 aromatic rings. The van der Waals surface area contributed by atoms with Crippen LogP contribution in [0.2, 0.25) is 0 Å². The van der Waals surface area contributed by atoms with E-state index in [1.807, 2.05) is 38.1 Å². The van der Waals surface area contributed by atoms with Crippen molar-refractivity contribution in [3.63, 3.8) is 0 Å². The minimum absolute atomic E-state index is 0.0143. The van der Waals surface area contributed by atoms with E-state index in [1.54, 1.807) is 37.4 Å². The summed E-state index contributed by atoms with van der Waals surface area (Å²) in [6.07, 6.45) is 3.74. The number of rotatable bonds is 11. The Bertz CT molecular complexity index is 1800. The highest BCUT2D eigenvalue weighted by Crippen LogP contribution is 2.46. The topological polar surface area (TPSA) is 107 Å². The van der Waals surface area contributed by atoms with Crippen LogP contribution < -0.4 is 23.8 Å². The molecule has 2 aliphatic rings. The Morgan fingerprint density at radius 2 is 1.89 bits per heavy atom. The maximum atomic E-state index is 13.8. The molecule has 1 N–H and O–H groups in total. The Kier molecular flexibility index (Phi) is 8.67. The van der Waals surface area contributed by atoms with E-state index in [4.69, 9.17) is 23.9 Å². The number of methoxy groups -OCH3 is 1. The first-order chi connectivity index (χ1) is 21.8. The van der Waals surface area contributed by atoms with Gasteiger partial charge in [-0.3, -0.25) is 14.5 Å². The van der Waals surface area contributed by atoms with Crippen LogP contribution >= 0.6 is 11.3 Å². The highest BCUT2D eigenvalue weighted by atomic mass is 32.1. The van der Waals surface area contributed by atoms with Crippen LogP contribution in [-0.4, -0.2) is 48.2 Å². The quantitative estimate of drug-likeness (QED) is 0.0803. The lowest BCUT2D eigenvalue weighted by Gasteiger charge is -2.24. The van der Waals surface area contributed by atoms with Crippen LogP contribution in [0.3, 0.4) is 0 Å². The smallest absolute Gasteiger partial charge is 0.301 e. The number of aromatic nitrogens is 1. The molecule has 9 nitrogen and oxygen atoms in total. The lowest BCUT2D eigenvalue weighted by molar-refractivity contribution is -0.132. The second kappa shape index (κ2) is 12.8. The van der Waals surface area contributed by atoms with Crippen LogP contribution in [0, 0.1) is 0 Å². The van der Waals surface area contributed by atoms with Crippen molar-refractivity contribution >= 4 is 44.1 Å². The molecule has 0 unspecified atom stereocenters. The predicted octanol–water partition coefficient (Wildman–Crippen LogP) is 7.22. The molecule has 1 amide bonds. The van der Waals surface area contributed by atoms with Gasteiger partial charge in [0.2, 0.25) is 0 Å². The molecule has 10 heteroatoms. The molecule has 3 heterocycles. The molecule has 2 aliphatic heterocycles. The van der Waals surface area contributed by atoms with Crippen LogP contribution in [-0.2, 0) is 16.0 Å². The van der Waals surface area contributed by atoms with E-state index in [0.717, 1.165) is 35.3 Å². The highest BCUT2D eigenvalue weighted by Gasteiger charge is 2.48. The molecule has 0 aliphatic carbocycles. The zero-order chi connectivity index (χ0) is 31.7. The van der Waals surface area contributed by atoms with Crippen molar-refractivity contribution in [1.82, 2.24) is 4.98 Å². The number of aliphatic hydroxyl groups is 1. The molecule has 234 valence electrons. The predicted molar refractivity (Wildman–Crippen MR) is 174 cm³/mol. The first-order valence-electron chi connectivity index (χ1n) is 15.3. The zero-order valence-electron chi connectivity index (χ0n) is 25.8. The highest BCUT2D eigenvalue weighted by molar-refractivity contribution is 7.22. The average Bonchev–Trinajstić information content (AvgIpc) is 3.70. The van der Waals surface area contributed by atoms with Gasteiger partial charge in [0, 0.05) is 12.0 Å². The van der Waals surface area contributed by atoms with Gasteiger partial charge in [0.15, 0.2) is 16.6 Å². The van der Waals surface area contributed by atoms with Gasteiger partial charge in [0.25, 0.3) is 5.78 Å². The molecule has 3 aromatic carbocycles. The Balaban J connectivity index is 1.47. The van der Waals surface area contributed by atoms with Crippen LogP contribution in [0.4, 0.5) is 5.13 Å². The summed E-state index contributed by atoms with van der Waals surface area (Å²) in [5.74, 6) is 0.624. The molecular weight excluding hydrogens is 592 g/mol. The molecule has 0 radical (unpaired) electrons. The fourth-order valence-electron chi connectivity index (χ4n) is 5.83. The van der Waals surface area contributed by atoms with E-state index >= 15 is 0 Å². The number of anilines is 1. The normalized spacial score (nSPS) is 18.7. The summed E-state index contributed by atoms with van der Waals surface area (Å²) in [5, 5.41) is 12.1. The van der Waals surface area contributed by atoms with E-state index in [2.05, 4.69) is 6.92 Å². The average molecular weight is 629 g/mol. The number of unbranched alkanes of at least 4 members (excludes halogenated alkanes) is 2. The Morgan fingerprint density at radius 1 is 1.04 bits per heavy atom. The number of ketones is 1. The van der Waals surface area contributed by atoms with E-state index in [-0.39, 0.29) is 17.4 Å². The minimum atomic E-state index is -0.969. The number of aliphatic hydroxyl groups excluding tert-OH is 1. The molecule has 1 saturated heterocycles. The third-order valence-electron chi connectivity index (χ3n) is 7.99. The molecule has 45 heavy (non-hydrogen) atoms. The summed E-state index contributed by atoms with van der Waals surface area (Å²) >= 11 is 1.28. The summed E-state index contributed by atoms with van der Waals surface area (Å²) in [4.78, 5) is 33.8. The van der Waals surface area contributed by atoms with E-state index in [9.17, 15) is 14.7 Å². The van der Waals surface area contributed by atoms with Crippen molar-refractivity contribution < 1.29 is 33.6 Å². The van der Waals surface area contributed by atoms with Crippen LogP contribution in [0.15, 0.2) is 60.2 Å². The van der Waals surface area contributed by atoms with Gasteiger partial charge in [0.05, 0.1) is 42.2 Å². The van der Waals surface area contributed by atoms with Gasteiger partial charge >= 0.3 is 5.91 Å². The molecule has 1 fully saturated rings. The largest absolute Gasteiger partial charge is 0.507 e. The first-order valence-corrected chi connectivity index (χ1v) is 16.1. The standard InChI is InChI=1S/C35H36N2O7S/c1-5-7-8-15-43-27-14-9-21(18-28(27)41-4)31-30(32(38)22-10-13-26-23(17-22)16-20(3)44-26)33(39)34(40)37(31)35-36-25-12-11-24(42-6-2)19-29(25)45-35/h9-14,17-20,31,38H,5-8,15-16H2,1-4H3/b32-30+/t20-,31+/m0/s1. The van der Waals surface area contributed by atoms with Crippen molar-refractivity contribution in [2.75, 3.05) is 25.2 Å². The first kappa shape index (κ1) is 30.5. The van der Waals surface area contributed by atoms with Gasteiger partial charge in [-0.2, -0.15) is 0 Å².